The van der Waals surface area contributed by atoms with Gasteiger partial charge >= 0.3 is 0 Å². The smallest absolute Gasteiger partial charge is 0.183 e. The van der Waals surface area contributed by atoms with Gasteiger partial charge in [0.15, 0.2) is 5.13 Å². The number of thiazole rings is 1. The van der Waals surface area contributed by atoms with Gasteiger partial charge in [0.2, 0.25) is 0 Å². The molecule has 1 aliphatic carbocycles. The lowest BCUT2D eigenvalue weighted by atomic mass is 9.80. The Hall–Kier alpha value is -1.33. The third-order valence-corrected chi connectivity index (χ3v) is 5.20. The van der Waals surface area contributed by atoms with Gasteiger partial charge in [0.05, 0.1) is 10.2 Å². The van der Waals surface area contributed by atoms with Crippen LogP contribution in [0.2, 0.25) is 0 Å². The first-order chi connectivity index (χ1) is 9.76. The Kier molecular flexibility index (Phi) is 4.08. The van der Waals surface area contributed by atoms with Crippen molar-refractivity contribution >= 4 is 32.4 Å². The second-order valence-corrected chi connectivity index (χ2v) is 6.64. The van der Waals surface area contributed by atoms with E-state index in [2.05, 4.69) is 10.3 Å². The van der Waals surface area contributed by atoms with E-state index < -0.39 is 0 Å². The molecule has 0 aliphatic heterocycles. The van der Waals surface area contributed by atoms with Gasteiger partial charge in [-0.3, -0.25) is 0 Å². The fraction of sp³-hybridized carbons (Fsp3) is 0.533. The number of benzene rings is 1. The molecule has 0 spiro atoms. The maximum Gasteiger partial charge on any atom is 0.183 e. The lowest BCUT2D eigenvalue weighted by molar-refractivity contribution is 0.141. The van der Waals surface area contributed by atoms with E-state index in [1.54, 1.807) is 11.3 Å². The molecule has 20 heavy (non-hydrogen) atoms. The van der Waals surface area contributed by atoms with E-state index in [9.17, 15) is 5.11 Å². The van der Waals surface area contributed by atoms with Crippen LogP contribution in [0.15, 0.2) is 18.2 Å². The summed E-state index contributed by atoms with van der Waals surface area (Å²) in [4.78, 5) is 4.58. The normalized spacial score (nSPS) is 23.1. The van der Waals surface area contributed by atoms with Crippen LogP contribution in [0.4, 0.5) is 10.8 Å². The molecule has 5 heteroatoms. The van der Waals surface area contributed by atoms with E-state index in [-0.39, 0.29) is 0 Å². The zero-order valence-corrected chi connectivity index (χ0v) is 12.3. The van der Waals surface area contributed by atoms with Crippen molar-refractivity contribution in [3.63, 3.8) is 0 Å². The van der Waals surface area contributed by atoms with Gasteiger partial charge in [-0.05, 0) is 42.9 Å². The number of nitrogen functional groups attached to an aromatic ring is 1. The molecule has 1 aromatic heterocycles. The van der Waals surface area contributed by atoms with Gasteiger partial charge < -0.3 is 16.2 Å². The molecule has 1 aliphatic rings. The summed E-state index contributed by atoms with van der Waals surface area (Å²) in [6.45, 7) is 1.21. The Morgan fingerprint density at radius 3 is 2.90 bits per heavy atom. The minimum Gasteiger partial charge on any atom is -0.399 e. The Morgan fingerprint density at radius 1 is 1.30 bits per heavy atom. The van der Waals surface area contributed by atoms with Crippen LogP contribution in [-0.4, -0.2) is 23.2 Å². The van der Waals surface area contributed by atoms with Crippen molar-refractivity contribution in [3.8, 4) is 0 Å². The lowest BCUT2D eigenvalue weighted by Gasteiger charge is -2.30. The predicted molar refractivity (Wildman–Crippen MR) is 85.1 cm³/mol. The zero-order valence-electron chi connectivity index (χ0n) is 11.5. The number of hydrogen-bond donors (Lipinski definition) is 3. The summed E-state index contributed by atoms with van der Waals surface area (Å²) in [6, 6.07) is 5.81. The average molecular weight is 291 g/mol. The maximum absolute atomic E-state index is 9.45. The van der Waals surface area contributed by atoms with Crippen LogP contribution in [0.1, 0.15) is 25.7 Å². The van der Waals surface area contributed by atoms with Crippen molar-refractivity contribution in [2.45, 2.75) is 25.7 Å². The van der Waals surface area contributed by atoms with E-state index in [4.69, 9.17) is 5.73 Å². The first kappa shape index (κ1) is 13.6. The van der Waals surface area contributed by atoms with Crippen LogP contribution in [0.3, 0.4) is 0 Å². The Morgan fingerprint density at radius 2 is 2.10 bits per heavy atom. The van der Waals surface area contributed by atoms with Crippen molar-refractivity contribution in [1.29, 1.82) is 0 Å². The third-order valence-electron chi connectivity index (χ3n) is 4.23. The van der Waals surface area contributed by atoms with Crippen LogP contribution in [0.25, 0.3) is 10.2 Å². The second-order valence-electron chi connectivity index (χ2n) is 5.61. The first-order valence-corrected chi connectivity index (χ1v) is 8.08. The SMILES string of the molecule is Nc1ccc2nc(NCC3CCCCC3CO)sc2c1. The molecule has 0 saturated heterocycles. The predicted octanol–water partition coefficient (Wildman–Crippen LogP) is 3.09. The van der Waals surface area contributed by atoms with E-state index in [1.807, 2.05) is 18.2 Å². The molecule has 0 radical (unpaired) electrons. The van der Waals surface area contributed by atoms with Crippen LogP contribution in [0.5, 0.6) is 0 Å². The Bertz CT molecular complexity index is 584. The van der Waals surface area contributed by atoms with Gasteiger partial charge in [-0.1, -0.05) is 24.2 Å². The zero-order chi connectivity index (χ0) is 13.9. The fourth-order valence-corrected chi connectivity index (χ4v) is 3.95. The number of nitrogens with zero attached hydrogens (tertiary/aromatic N) is 1. The molecule has 108 valence electrons. The summed E-state index contributed by atoms with van der Waals surface area (Å²) in [5.74, 6) is 1.01. The maximum atomic E-state index is 9.45. The van der Waals surface area contributed by atoms with Crippen molar-refractivity contribution in [2.75, 3.05) is 24.2 Å². The highest BCUT2D eigenvalue weighted by atomic mass is 32.1. The monoisotopic (exact) mass is 291 g/mol. The summed E-state index contributed by atoms with van der Waals surface area (Å²) in [6.07, 6.45) is 4.89. The largest absolute Gasteiger partial charge is 0.399 e. The van der Waals surface area contributed by atoms with Gasteiger partial charge in [-0.15, -0.1) is 0 Å². The van der Waals surface area contributed by atoms with Crippen molar-refractivity contribution in [3.05, 3.63) is 18.2 Å². The molecule has 3 rings (SSSR count). The number of aromatic nitrogens is 1. The number of rotatable bonds is 4. The first-order valence-electron chi connectivity index (χ1n) is 7.27. The van der Waals surface area contributed by atoms with Crippen LogP contribution >= 0.6 is 11.3 Å². The number of aliphatic hydroxyl groups is 1. The molecular weight excluding hydrogens is 270 g/mol. The van der Waals surface area contributed by atoms with Crippen molar-refractivity contribution in [1.82, 2.24) is 4.98 Å². The molecule has 1 aromatic carbocycles. The van der Waals surface area contributed by atoms with Gasteiger partial charge in [0, 0.05) is 18.8 Å². The molecule has 2 atom stereocenters. The van der Waals surface area contributed by atoms with Crippen molar-refractivity contribution in [2.24, 2.45) is 11.8 Å². The molecule has 0 amide bonds. The molecule has 1 heterocycles. The Balaban J connectivity index is 1.67. The molecule has 2 unspecified atom stereocenters. The molecular formula is C15H21N3OS. The lowest BCUT2D eigenvalue weighted by Crippen LogP contribution is -2.28. The Labute approximate surface area is 123 Å². The van der Waals surface area contributed by atoms with E-state index in [0.29, 0.717) is 18.4 Å². The van der Waals surface area contributed by atoms with E-state index >= 15 is 0 Å². The van der Waals surface area contributed by atoms with Crippen LogP contribution < -0.4 is 11.1 Å². The summed E-state index contributed by atoms with van der Waals surface area (Å²) in [5.41, 5.74) is 7.56. The molecule has 1 saturated carbocycles. The van der Waals surface area contributed by atoms with Gasteiger partial charge in [-0.25, -0.2) is 4.98 Å². The van der Waals surface area contributed by atoms with Crippen LogP contribution in [0, 0.1) is 11.8 Å². The van der Waals surface area contributed by atoms with E-state index in [0.717, 1.165) is 34.0 Å². The molecule has 1 fully saturated rings. The quantitative estimate of drug-likeness (QED) is 0.757. The summed E-state index contributed by atoms with van der Waals surface area (Å²) < 4.78 is 1.12. The second kappa shape index (κ2) is 5.97. The van der Waals surface area contributed by atoms with Gasteiger partial charge in [0.1, 0.15) is 0 Å². The van der Waals surface area contributed by atoms with Gasteiger partial charge in [0.25, 0.3) is 0 Å². The highest BCUT2D eigenvalue weighted by Crippen LogP contribution is 2.31. The summed E-state index contributed by atoms with van der Waals surface area (Å²) in [5, 5.41) is 13.8. The standard InChI is InChI=1S/C15H21N3OS/c16-12-5-6-13-14(7-12)20-15(18-13)17-8-10-3-1-2-4-11(10)9-19/h5-7,10-11,19H,1-4,8-9,16H2,(H,17,18). The fourth-order valence-electron chi connectivity index (χ4n) is 3.03. The van der Waals surface area contributed by atoms with Crippen LogP contribution in [-0.2, 0) is 0 Å². The number of anilines is 2. The topological polar surface area (TPSA) is 71.2 Å². The molecule has 0 bridgehead atoms. The molecule has 2 aromatic rings. The third kappa shape index (κ3) is 2.88. The number of aliphatic hydroxyl groups excluding tert-OH is 1. The molecule has 4 nitrogen and oxygen atoms in total. The molecule has 4 N–H and O–H groups in total. The van der Waals surface area contributed by atoms with E-state index in [1.165, 1.54) is 19.3 Å². The minimum atomic E-state index is 0.308. The average Bonchev–Trinajstić information content (AvgIpc) is 2.87. The number of hydrogen-bond acceptors (Lipinski definition) is 5. The summed E-state index contributed by atoms with van der Waals surface area (Å²) in [7, 11) is 0. The van der Waals surface area contributed by atoms with Gasteiger partial charge in [-0.2, -0.15) is 0 Å². The number of nitrogens with one attached hydrogen (secondary N) is 1. The minimum absolute atomic E-state index is 0.308. The van der Waals surface area contributed by atoms with Crippen molar-refractivity contribution < 1.29 is 5.11 Å². The number of fused-ring (bicyclic) bond motifs is 1. The number of nitrogens with two attached hydrogens (primary N) is 1. The summed E-state index contributed by atoms with van der Waals surface area (Å²) >= 11 is 1.64. The highest BCUT2D eigenvalue weighted by Gasteiger charge is 2.24. The highest BCUT2D eigenvalue weighted by molar-refractivity contribution is 7.22.